The fraction of sp³-hybridized carbons (Fsp3) is 0.133. The largest absolute Gasteiger partial charge is 0.493 e. The average Bonchev–Trinajstić information content (AvgIpc) is 3.45. The number of nitrogens with one attached hydrogen (secondary N) is 2. The highest BCUT2D eigenvalue weighted by Crippen LogP contribution is 2.28. The molecule has 0 saturated carbocycles. The Hall–Kier alpha value is -4.36. The number of carbonyl (C=O) groups is 2. The normalized spacial score (nSPS) is 11.9. The Morgan fingerprint density at radius 3 is 2.27 bits per heavy atom. The van der Waals surface area contributed by atoms with E-state index in [1.54, 1.807) is 24.3 Å². The lowest BCUT2D eigenvalue weighted by Crippen LogP contribution is -2.37. The van der Waals surface area contributed by atoms with E-state index in [0.29, 0.717) is 17.1 Å². The van der Waals surface area contributed by atoms with Crippen molar-refractivity contribution in [2.45, 2.75) is 13.0 Å². The molecule has 0 saturated heterocycles. The van der Waals surface area contributed by atoms with E-state index < -0.39 is 17.9 Å². The van der Waals surface area contributed by atoms with E-state index in [9.17, 15) is 9.59 Å². The summed E-state index contributed by atoms with van der Waals surface area (Å²) in [7, 11) is 3.03. The van der Waals surface area contributed by atoms with Gasteiger partial charge in [-0.1, -0.05) is 60.7 Å². The van der Waals surface area contributed by atoms with Crippen LogP contribution in [-0.2, 0) is 4.79 Å². The molecule has 3 aromatic carbocycles. The van der Waals surface area contributed by atoms with E-state index in [0.717, 1.165) is 21.6 Å². The van der Waals surface area contributed by atoms with Crippen molar-refractivity contribution in [1.82, 2.24) is 10.6 Å². The maximum Gasteiger partial charge on any atom is 0.268 e. The van der Waals surface area contributed by atoms with Gasteiger partial charge in [-0.25, -0.2) is 0 Å². The van der Waals surface area contributed by atoms with E-state index in [1.807, 2.05) is 79.0 Å². The van der Waals surface area contributed by atoms with Crippen LogP contribution < -0.4 is 20.1 Å². The van der Waals surface area contributed by atoms with Gasteiger partial charge < -0.3 is 20.1 Å². The SMILES string of the molecule is COc1ccc(C(=O)N/C(=C\c2cccs2)C(=O)N[C@@H](c2ccccc2)c2ccccc2C)cc1OC. The van der Waals surface area contributed by atoms with Gasteiger partial charge in [0.25, 0.3) is 11.8 Å². The summed E-state index contributed by atoms with van der Waals surface area (Å²) in [5.41, 5.74) is 3.43. The van der Waals surface area contributed by atoms with Crippen molar-refractivity contribution in [3.05, 3.63) is 123 Å². The smallest absolute Gasteiger partial charge is 0.268 e. The van der Waals surface area contributed by atoms with E-state index in [4.69, 9.17) is 9.47 Å². The predicted octanol–water partition coefficient (Wildman–Crippen LogP) is 5.75. The standard InChI is InChI=1S/C30H28N2O4S/c1-20-10-7-8-14-24(20)28(21-11-5-4-6-12-21)32-30(34)25(19-23-13-9-17-37-23)31-29(33)22-15-16-26(35-2)27(18-22)36-3/h4-19,28H,1-3H3,(H,31,33)(H,32,34)/b25-19-/t28-/m0/s1. The van der Waals surface area contributed by atoms with Crippen LogP contribution in [0.2, 0.25) is 0 Å². The summed E-state index contributed by atoms with van der Waals surface area (Å²) in [4.78, 5) is 27.7. The molecule has 2 N–H and O–H groups in total. The summed E-state index contributed by atoms with van der Waals surface area (Å²) >= 11 is 1.47. The topological polar surface area (TPSA) is 76.7 Å². The average molecular weight is 513 g/mol. The quantitative estimate of drug-likeness (QED) is 0.280. The summed E-state index contributed by atoms with van der Waals surface area (Å²) in [6.07, 6.45) is 1.68. The molecule has 0 aliphatic rings. The van der Waals surface area contributed by atoms with E-state index in [1.165, 1.54) is 25.6 Å². The summed E-state index contributed by atoms with van der Waals surface area (Å²) in [5.74, 6) is 0.0903. The molecule has 4 rings (SSSR count). The fourth-order valence-corrected chi connectivity index (χ4v) is 4.61. The number of hydrogen-bond donors (Lipinski definition) is 2. The van der Waals surface area contributed by atoms with Crippen molar-refractivity contribution in [3.8, 4) is 11.5 Å². The number of hydrogen-bond acceptors (Lipinski definition) is 5. The van der Waals surface area contributed by atoms with Gasteiger partial charge in [0.1, 0.15) is 5.70 Å². The lowest BCUT2D eigenvalue weighted by Gasteiger charge is -2.22. The lowest BCUT2D eigenvalue weighted by molar-refractivity contribution is -0.118. The van der Waals surface area contributed by atoms with Gasteiger partial charge in [0.2, 0.25) is 0 Å². The first-order valence-electron chi connectivity index (χ1n) is 11.7. The zero-order valence-electron chi connectivity index (χ0n) is 20.9. The van der Waals surface area contributed by atoms with Crippen LogP contribution in [0.4, 0.5) is 0 Å². The zero-order chi connectivity index (χ0) is 26.2. The second-order valence-electron chi connectivity index (χ2n) is 8.27. The van der Waals surface area contributed by atoms with Crippen molar-refractivity contribution in [2.24, 2.45) is 0 Å². The second kappa shape index (κ2) is 12.1. The Labute approximate surface area is 220 Å². The number of benzene rings is 3. The number of thiophene rings is 1. The van der Waals surface area contributed by atoms with Crippen LogP contribution >= 0.6 is 11.3 Å². The summed E-state index contributed by atoms with van der Waals surface area (Å²) in [6, 6.07) is 25.9. The third kappa shape index (κ3) is 6.26. The molecule has 0 fully saturated rings. The third-order valence-corrected chi connectivity index (χ3v) is 6.70. The van der Waals surface area contributed by atoms with Crippen LogP contribution in [0.1, 0.15) is 38.0 Å². The molecular formula is C30H28N2O4S. The third-order valence-electron chi connectivity index (χ3n) is 5.88. The van der Waals surface area contributed by atoms with Crippen molar-refractivity contribution in [3.63, 3.8) is 0 Å². The number of rotatable bonds is 9. The lowest BCUT2D eigenvalue weighted by atomic mass is 9.95. The van der Waals surface area contributed by atoms with Gasteiger partial charge in [-0.2, -0.15) is 0 Å². The van der Waals surface area contributed by atoms with Gasteiger partial charge in [0.05, 0.1) is 20.3 Å². The molecular weight excluding hydrogens is 484 g/mol. The molecule has 6 nitrogen and oxygen atoms in total. The molecule has 0 aliphatic carbocycles. The van der Waals surface area contributed by atoms with Gasteiger partial charge >= 0.3 is 0 Å². The predicted molar refractivity (Wildman–Crippen MR) is 147 cm³/mol. The number of amides is 2. The maximum absolute atomic E-state index is 13.7. The van der Waals surface area contributed by atoms with Crippen molar-refractivity contribution >= 4 is 29.2 Å². The number of methoxy groups -OCH3 is 2. The maximum atomic E-state index is 13.7. The molecule has 0 unspecified atom stereocenters. The first-order valence-corrected chi connectivity index (χ1v) is 12.6. The summed E-state index contributed by atoms with van der Waals surface area (Å²) < 4.78 is 10.6. The second-order valence-corrected chi connectivity index (χ2v) is 9.25. The van der Waals surface area contributed by atoms with E-state index in [-0.39, 0.29) is 5.70 Å². The summed E-state index contributed by atoms with van der Waals surface area (Å²) in [6.45, 7) is 2.01. The van der Waals surface area contributed by atoms with Gasteiger partial charge in [-0.15, -0.1) is 11.3 Å². The molecule has 2 amide bonds. The molecule has 0 aliphatic heterocycles. The Morgan fingerprint density at radius 2 is 1.59 bits per heavy atom. The highest BCUT2D eigenvalue weighted by Gasteiger charge is 2.22. The van der Waals surface area contributed by atoms with E-state index in [2.05, 4.69) is 10.6 Å². The summed E-state index contributed by atoms with van der Waals surface area (Å²) in [5, 5.41) is 7.86. The minimum absolute atomic E-state index is 0.136. The van der Waals surface area contributed by atoms with Crippen LogP contribution in [-0.4, -0.2) is 26.0 Å². The molecule has 1 heterocycles. The van der Waals surface area contributed by atoms with Crippen molar-refractivity contribution in [2.75, 3.05) is 14.2 Å². The first-order chi connectivity index (χ1) is 18.0. The molecule has 7 heteroatoms. The molecule has 37 heavy (non-hydrogen) atoms. The minimum atomic E-state index is -0.439. The highest BCUT2D eigenvalue weighted by atomic mass is 32.1. The van der Waals surface area contributed by atoms with Crippen LogP contribution in [0.5, 0.6) is 11.5 Å². The number of carbonyl (C=O) groups excluding carboxylic acids is 2. The molecule has 0 spiro atoms. The Morgan fingerprint density at radius 1 is 0.865 bits per heavy atom. The molecule has 1 aromatic heterocycles. The molecule has 0 bridgehead atoms. The van der Waals surface area contributed by atoms with Crippen LogP contribution in [0.3, 0.4) is 0 Å². The molecule has 4 aromatic rings. The Kier molecular flexibility index (Phi) is 8.38. The first kappa shape index (κ1) is 25.7. The molecule has 1 atom stereocenters. The number of aryl methyl sites for hydroxylation is 1. The Balaban J connectivity index is 1.66. The minimum Gasteiger partial charge on any atom is -0.493 e. The van der Waals surface area contributed by atoms with Crippen molar-refractivity contribution < 1.29 is 19.1 Å². The Bertz CT molecular complexity index is 1400. The highest BCUT2D eigenvalue weighted by molar-refractivity contribution is 7.10. The van der Waals surface area contributed by atoms with Crippen LogP contribution in [0, 0.1) is 6.92 Å². The van der Waals surface area contributed by atoms with Gasteiger partial charge in [0, 0.05) is 10.4 Å². The number of ether oxygens (including phenoxy) is 2. The zero-order valence-corrected chi connectivity index (χ0v) is 21.7. The molecule has 0 radical (unpaired) electrons. The van der Waals surface area contributed by atoms with Crippen LogP contribution in [0.25, 0.3) is 6.08 Å². The van der Waals surface area contributed by atoms with Crippen molar-refractivity contribution in [1.29, 1.82) is 0 Å². The monoisotopic (exact) mass is 512 g/mol. The van der Waals surface area contributed by atoms with Gasteiger partial charge in [0.15, 0.2) is 11.5 Å². The van der Waals surface area contributed by atoms with Crippen LogP contribution in [0.15, 0.2) is 96.0 Å². The molecule has 188 valence electrons. The fourth-order valence-electron chi connectivity index (χ4n) is 3.95. The van der Waals surface area contributed by atoms with Gasteiger partial charge in [-0.05, 0) is 59.3 Å². The van der Waals surface area contributed by atoms with E-state index >= 15 is 0 Å². The van der Waals surface area contributed by atoms with Gasteiger partial charge in [-0.3, -0.25) is 9.59 Å².